The van der Waals surface area contributed by atoms with E-state index in [-0.39, 0.29) is 18.6 Å². The molecular weight excluding hydrogens is 328 g/mol. The molecule has 0 spiro atoms. The third kappa shape index (κ3) is 6.24. The number of aryl methyl sites for hydroxylation is 1. The molecular formula is C21H26N2O3. The first-order valence-corrected chi connectivity index (χ1v) is 8.73. The summed E-state index contributed by atoms with van der Waals surface area (Å²) >= 11 is 0. The van der Waals surface area contributed by atoms with E-state index in [0.717, 1.165) is 18.5 Å². The summed E-state index contributed by atoms with van der Waals surface area (Å²) in [5.74, 6) is -0.788. The predicted octanol–water partition coefficient (Wildman–Crippen LogP) is 3.05. The Kier molecular flexibility index (Phi) is 7.21. The molecule has 0 aromatic heterocycles. The molecule has 0 aliphatic rings. The summed E-state index contributed by atoms with van der Waals surface area (Å²) in [5.41, 5.74) is 2.57. The zero-order chi connectivity index (χ0) is 18.9. The lowest BCUT2D eigenvalue weighted by Gasteiger charge is -2.15. The number of nitrogens with zero attached hydrogens (tertiary/aromatic N) is 1. The van der Waals surface area contributed by atoms with E-state index in [2.05, 4.69) is 17.4 Å². The second-order valence-electron chi connectivity index (χ2n) is 6.51. The number of ether oxygens (including phenoxy) is 1. The van der Waals surface area contributed by atoms with E-state index in [9.17, 15) is 9.59 Å². The number of nitrogens with one attached hydrogen (secondary N) is 1. The minimum Gasteiger partial charge on any atom is -0.452 e. The van der Waals surface area contributed by atoms with Gasteiger partial charge in [-0.25, -0.2) is 4.79 Å². The summed E-state index contributed by atoms with van der Waals surface area (Å²) in [6.07, 6.45) is 1.72. The molecule has 5 heteroatoms. The van der Waals surface area contributed by atoms with Crippen LogP contribution in [0.4, 0.5) is 5.69 Å². The monoisotopic (exact) mass is 354 g/mol. The van der Waals surface area contributed by atoms with E-state index >= 15 is 0 Å². The van der Waals surface area contributed by atoms with Gasteiger partial charge in [0.25, 0.3) is 5.91 Å². The van der Waals surface area contributed by atoms with Crippen molar-refractivity contribution in [2.24, 2.45) is 0 Å². The maximum Gasteiger partial charge on any atom is 0.338 e. The van der Waals surface area contributed by atoms with Gasteiger partial charge in [0.1, 0.15) is 0 Å². The van der Waals surface area contributed by atoms with Crippen LogP contribution in [0.15, 0.2) is 54.6 Å². The highest BCUT2D eigenvalue weighted by Crippen LogP contribution is 2.14. The van der Waals surface area contributed by atoms with Gasteiger partial charge < -0.3 is 15.0 Å². The van der Waals surface area contributed by atoms with Crippen LogP contribution in [-0.4, -0.2) is 38.6 Å². The standard InChI is InChI=1S/C21H26N2O3/c1-16(12-13-17-8-5-4-6-9-17)22-20(24)15-26-21(25)18-10-7-11-19(14-18)23(2)3/h4-11,14,16H,12-13,15H2,1-3H3,(H,22,24)/t16-/m1/s1. The van der Waals surface area contributed by atoms with Crippen LogP contribution in [0.3, 0.4) is 0 Å². The van der Waals surface area contributed by atoms with Gasteiger partial charge in [0.15, 0.2) is 6.61 Å². The molecule has 1 amide bonds. The minimum atomic E-state index is -0.499. The lowest BCUT2D eigenvalue weighted by atomic mass is 10.1. The molecule has 0 heterocycles. The van der Waals surface area contributed by atoms with Crippen molar-refractivity contribution < 1.29 is 14.3 Å². The summed E-state index contributed by atoms with van der Waals surface area (Å²) in [6.45, 7) is 1.67. The fraction of sp³-hybridized carbons (Fsp3) is 0.333. The van der Waals surface area contributed by atoms with Crippen LogP contribution >= 0.6 is 0 Å². The Morgan fingerprint density at radius 1 is 1.08 bits per heavy atom. The van der Waals surface area contributed by atoms with Crippen molar-refractivity contribution in [2.45, 2.75) is 25.8 Å². The number of esters is 1. The minimum absolute atomic E-state index is 0.0125. The van der Waals surface area contributed by atoms with Crippen molar-refractivity contribution in [1.29, 1.82) is 0 Å². The fourth-order valence-corrected chi connectivity index (χ4v) is 2.54. The highest BCUT2D eigenvalue weighted by atomic mass is 16.5. The Labute approximate surface area is 155 Å². The zero-order valence-electron chi connectivity index (χ0n) is 15.6. The van der Waals surface area contributed by atoms with Gasteiger partial charge in [-0.15, -0.1) is 0 Å². The summed E-state index contributed by atoms with van der Waals surface area (Å²) in [7, 11) is 3.80. The van der Waals surface area contributed by atoms with Crippen molar-refractivity contribution in [3.8, 4) is 0 Å². The lowest BCUT2D eigenvalue weighted by molar-refractivity contribution is -0.124. The highest BCUT2D eigenvalue weighted by molar-refractivity contribution is 5.92. The zero-order valence-corrected chi connectivity index (χ0v) is 15.6. The molecule has 26 heavy (non-hydrogen) atoms. The average Bonchev–Trinajstić information content (AvgIpc) is 2.65. The largest absolute Gasteiger partial charge is 0.452 e. The molecule has 138 valence electrons. The highest BCUT2D eigenvalue weighted by Gasteiger charge is 2.13. The average molecular weight is 354 g/mol. The summed E-state index contributed by atoms with van der Waals surface area (Å²) < 4.78 is 5.12. The first-order valence-electron chi connectivity index (χ1n) is 8.73. The molecule has 0 radical (unpaired) electrons. The molecule has 5 nitrogen and oxygen atoms in total. The quantitative estimate of drug-likeness (QED) is 0.740. The van der Waals surface area contributed by atoms with Gasteiger partial charge in [-0.3, -0.25) is 4.79 Å². The number of carbonyl (C=O) groups is 2. The third-order valence-corrected chi connectivity index (χ3v) is 4.05. The molecule has 0 aliphatic heterocycles. The lowest BCUT2D eigenvalue weighted by Crippen LogP contribution is -2.36. The van der Waals surface area contributed by atoms with Crippen molar-refractivity contribution >= 4 is 17.6 Å². The molecule has 0 saturated carbocycles. The molecule has 1 N–H and O–H groups in total. The molecule has 0 unspecified atom stereocenters. The van der Waals surface area contributed by atoms with Crippen LogP contribution in [0, 0.1) is 0 Å². The Morgan fingerprint density at radius 3 is 2.50 bits per heavy atom. The number of hydrogen-bond donors (Lipinski definition) is 1. The smallest absolute Gasteiger partial charge is 0.338 e. The SMILES string of the molecule is C[C@H](CCc1ccccc1)NC(=O)COC(=O)c1cccc(N(C)C)c1. The second-order valence-corrected chi connectivity index (χ2v) is 6.51. The van der Waals surface area contributed by atoms with Gasteiger partial charge in [-0.05, 0) is 43.5 Å². The van der Waals surface area contributed by atoms with Crippen LogP contribution < -0.4 is 10.2 Å². The molecule has 0 fully saturated rings. The number of amides is 1. The fourth-order valence-electron chi connectivity index (χ4n) is 2.54. The van der Waals surface area contributed by atoms with E-state index in [1.165, 1.54) is 5.56 Å². The van der Waals surface area contributed by atoms with Crippen molar-refractivity contribution in [3.63, 3.8) is 0 Å². The number of rotatable bonds is 8. The molecule has 2 aromatic rings. The normalized spacial score (nSPS) is 11.5. The number of carbonyl (C=O) groups excluding carboxylic acids is 2. The number of anilines is 1. The summed E-state index contributed by atoms with van der Waals surface area (Å²) in [4.78, 5) is 26.0. The van der Waals surface area contributed by atoms with Crippen LogP contribution in [-0.2, 0) is 16.0 Å². The molecule has 0 aliphatic carbocycles. The van der Waals surface area contributed by atoms with E-state index in [0.29, 0.717) is 5.56 Å². The summed E-state index contributed by atoms with van der Waals surface area (Å²) in [6, 6.07) is 17.2. The number of benzene rings is 2. The molecule has 0 bridgehead atoms. The first-order chi connectivity index (χ1) is 12.5. The molecule has 2 aromatic carbocycles. The third-order valence-electron chi connectivity index (χ3n) is 4.05. The summed E-state index contributed by atoms with van der Waals surface area (Å²) in [5, 5.41) is 2.86. The van der Waals surface area contributed by atoms with Gasteiger partial charge in [-0.1, -0.05) is 36.4 Å². The van der Waals surface area contributed by atoms with Crippen molar-refractivity contribution in [1.82, 2.24) is 5.32 Å². The topological polar surface area (TPSA) is 58.6 Å². The Balaban J connectivity index is 1.75. The van der Waals surface area contributed by atoms with Crippen LogP contribution in [0.2, 0.25) is 0 Å². The Hall–Kier alpha value is -2.82. The predicted molar refractivity (Wildman–Crippen MR) is 103 cm³/mol. The Morgan fingerprint density at radius 2 is 1.81 bits per heavy atom. The van der Waals surface area contributed by atoms with E-state index in [1.807, 2.05) is 50.2 Å². The molecule has 0 saturated heterocycles. The van der Waals surface area contributed by atoms with Gasteiger partial charge in [0.2, 0.25) is 0 Å². The van der Waals surface area contributed by atoms with Gasteiger partial charge in [-0.2, -0.15) is 0 Å². The van der Waals surface area contributed by atoms with Gasteiger partial charge in [0.05, 0.1) is 5.56 Å². The first kappa shape index (κ1) is 19.5. The van der Waals surface area contributed by atoms with Crippen molar-refractivity contribution in [2.75, 3.05) is 25.6 Å². The maximum atomic E-state index is 12.1. The maximum absolute atomic E-state index is 12.1. The van der Waals surface area contributed by atoms with Gasteiger partial charge >= 0.3 is 5.97 Å². The molecule has 2 rings (SSSR count). The molecule has 1 atom stereocenters. The second kappa shape index (κ2) is 9.61. The Bertz CT molecular complexity index is 729. The van der Waals surface area contributed by atoms with E-state index in [4.69, 9.17) is 4.74 Å². The van der Waals surface area contributed by atoms with E-state index in [1.54, 1.807) is 18.2 Å². The van der Waals surface area contributed by atoms with E-state index < -0.39 is 5.97 Å². The van der Waals surface area contributed by atoms with Crippen LogP contribution in [0.25, 0.3) is 0 Å². The number of hydrogen-bond acceptors (Lipinski definition) is 4. The van der Waals surface area contributed by atoms with Gasteiger partial charge in [0, 0.05) is 25.8 Å². The van der Waals surface area contributed by atoms with Crippen LogP contribution in [0.1, 0.15) is 29.3 Å². The van der Waals surface area contributed by atoms with Crippen molar-refractivity contribution in [3.05, 3.63) is 65.7 Å². The van der Waals surface area contributed by atoms with Crippen LogP contribution in [0.5, 0.6) is 0 Å².